The summed E-state index contributed by atoms with van der Waals surface area (Å²) >= 11 is 0. The Bertz CT molecular complexity index is 666. The van der Waals surface area contributed by atoms with Crippen LogP contribution in [0.15, 0.2) is 30.3 Å². The van der Waals surface area contributed by atoms with Gasteiger partial charge in [0, 0.05) is 18.5 Å². The molecule has 1 aliphatic carbocycles. The van der Waals surface area contributed by atoms with Crippen LogP contribution in [0.3, 0.4) is 0 Å². The van der Waals surface area contributed by atoms with Gasteiger partial charge in [-0.1, -0.05) is 18.6 Å². The van der Waals surface area contributed by atoms with Gasteiger partial charge >= 0.3 is 0 Å². The van der Waals surface area contributed by atoms with Gasteiger partial charge in [-0.15, -0.1) is 0 Å². The maximum absolute atomic E-state index is 9.95. The molecular weight excluding hydrogens is 272 g/mol. The first-order valence-corrected chi connectivity index (χ1v) is 8.62. The molecule has 1 N–H and O–H groups in total. The summed E-state index contributed by atoms with van der Waals surface area (Å²) in [6.45, 7) is 2.27. The fourth-order valence-corrected chi connectivity index (χ4v) is 3.74. The predicted molar refractivity (Wildman–Crippen MR) is 90.2 cm³/mol. The highest BCUT2D eigenvalue weighted by atomic mass is 16.3. The van der Waals surface area contributed by atoms with Gasteiger partial charge in [-0.3, -0.25) is 0 Å². The maximum atomic E-state index is 9.95. The lowest BCUT2D eigenvalue weighted by atomic mass is 9.96. The van der Waals surface area contributed by atoms with Gasteiger partial charge in [-0.2, -0.15) is 0 Å². The van der Waals surface area contributed by atoms with Crippen molar-refractivity contribution in [2.24, 2.45) is 5.92 Å². The summed E-state index contributed by atoms with van der Waals surface area (Å²) in [7, 11) is 0. The lowest BCUT2D eigenvalue weighted by Gasteiger charge is -2.32. The molecule has 2 aromatic rings. The van der Waals surface area contributed by atoms with Gasteiger partial charge in [0.15, 0.2) is 0 Å². The number of hydrogen-bond donors (Lipinski definition) is 1. The smallest absolute Gasteiger partial charge is 0.129 e. The molecule has 4 rings (SSSR count). The van der Waals surface area contributed by atoms with Crippen LogP contribution in [0.1, 0.15) is 37.7 Å². The summed E-state index contributed by atoms with van der Waals surface area (Å²) in [6.07, 6.45) is 6.71. The number of aliphatic hydroxyl groups excluding tert-OH is 1. The number of benzene rings is 1. The molecule has 0 amide bonds. The van der Waals surface area contributed by atoms with Crippen LogP contribution in [-0.2, 0) is 6.42 Å². The molecule has 2 fully saturated rings. The number of aromatic nitrogens is 1. The Kier molecular flexibility index (Phi) is 3.75. The lowest BCUT2D eigenvalue weighted by molar-refractivity contribution is 0.128. The van der Waals surface area contributed by atoms with E-state index in [1.807, 2.05) is 0 Å². The van der Waals surface area contributed by atoms with Crippen LogP contribution in [0.2, 0.25) is 0 Å². The summed E-state index contributed by atoms with van der Waals surface area (Å²) < 4.78 is 0. The molecule has 1 aromatic carbocycles. The molecule has 1 saturated carbocycles. The number of aliphatic hydroxyl groups is 1. The zero-order chi connectivity index (χ0) is 14.9. The van der Waals surface area contributed by atoms with Crippen LogP contribution < -0.4 is 4.90 Å². The molecule has 3 nitrogen and oxygen atoms in total. The van der Waals surface area contributed by atoms with Gasteiger partial charge in [-0.05, 0) is 61.8 Å². The Morgan fingerprint density at radius 2 is 1.95 bits per heavy atom. The Hall–Kier alpha value is -1.61. The number of pyridine rings is 1. The molecule has 2 aliphatic rings. The molecule has 116 valence electrons. The van der Waals surface area contributed by atoms with E-state index in [0.29, 0.717) is 5.92 Å². The number of rotatable bonds is 4. The summed E-state index contributed by atoms with van der Waals surface area (Å²) in [5, 5.41) is 11.2. The van der Waals surface area contributed by atoms with Crippen molar-refractivity contribution in [3.63, 3.8) is 0 Å². The summed E-state index contributed by atoms with van der Waals surface area (Å²) in [6, 6.07) is 11.0. The first kappa shape index (κ1) is 14.0. The van der Waals surface area contributed by atoms with E-state index < -0.39 is 0 Å². The standard InChI is InChI=1S/C19H24N2O/c22-18-4-1-3-16(18)8-6-14-5-7-15-9-10-19(20-17(15)13-14)21-11-2-12-21/h5,7,9-10,13,16,18,22H,1-4,6,8,11-12H2. The van der Waals surface area contributed by atoms with Crippen molar-refractivity contribution >= 4 is 16.7 Å². The van der Waals surface area contributed by atoms with Crippen LogP contribution in [-0.4, -0.2) is 29.3 Å². The number of hydrogen-bond acceptors (Lipinski definition) is 3. The molecule has 0 spiro atoms. The normalized spacial score (nSPS) is 24.7. The molecule has 1 aromatic heterocycles. The van der Waals surface area contributed by atoms with Crippen molar-refractivity contribution in [3.8, 4) is 0 Å². The minimum absolute atomic E-state index is 0.0726. The second-order valence-electron chi connectivity index (χ2n) is 6.83. The van der Waals surface area contributed by atoms with Crippen molar-refractivity contribution in [1.29, 1.82) is 0 Å². The van der Waals surface area contributed by atoms with Crippen molar-refractivity contribution in [1.82, 2.24) is 4.98 Å². The minimum Gasteiger partial charge on any atom is -0.393 e. The van der Waals surface area contributed by atoms with Crippen LogP contribution in [0.25, 0.3) is 10.9 Å². The lowest BCUT2D eigenvalue weighted by Crippen LogP contribution is -2.37. The number of nitrogens with zero attached hydrogens (tertiary/aromatic N) is 2. The van der Waals surface area contributed by atoms with E-state index >= 15 is 0 Å². The van der Waals surface area contributed by atoms with E-state index in [-0.39, 0.29) is 6.10 Å². The second kappa shape index (κ2) is 5.88. The predicted octanol–water partition coefficient (Wildman–Crippen LogP) is 3.54. The Labute approximate surface area is 132 Å². The van der Waals surface area contributed by atoms with Crippen molar-refractivity contribution < 1.29 is 5.11 Å². The number of fused-ring (bicyclic) bond motifs is 1. The molecule has 2 unspecified atom stereocenters. The molecule has 22 heavy (non-hydrogen) atoms. The van der Waals surface area contributed by atoms with E-state index in [9.17, 15) is 5.11 Å². The maximum Gasteiger partial charge on any atom is 0.129 e. The number of anilines is 1. The third-order valence-corrected chi connectivity index (χ3v) is 5.34. The van der Waals surface area contributed by atoms with Gasteiger partial charge in [0.2, 0.25) is 0 Å². The van der Waals surface area contributed by atoms with Crippen molar-refractivity contribution in [3.05, 3.63) is 35.9 Å². The molecule has 0 bridgehead atoms. The highest BCUT2D eigenvalue weighted by Crippen LogP contribution is 2.30. The Balaban J connectivity index is 1.51. The van der Waals surface area contributed by atoms with Crippen molar-refractivity contribution in [2.45, 2.75) is 44.6 Å². The largest absolute Gasteiger partial charge is 0.393 e. The monoisotopic (exact) mass is 296 g/mol. The fourth-order valence-electron chi connectivity index (χ4n) is 3.74. The van der Waals surface area contributed by atoms with Gasteiger partial charge in [0.05, 0.1) is 11.6 Å². The Morgan fingerprint density at radius 3 is 2.68 bits per heavy atom. The Morgan fingerprint density at radius 1 is 1.09 bits per heavy atom. The third-order valence-electron chi connectivity index (χ3n) is 5.34. The summed E-state index contributed by atoms with van der Waals surface area (Å²) in [4.78, 5) is 7.16. The SMILES string of the molecule is OC1CCCC1CCc1ccc2ccc(N3CCC3)nc2c1. The van der Waals surface area contributed by atoms with Crippen LogP contribution in [0.5, 0.6) is 0 Å². The van der Waals surface area contributed by atoms with Gasteiger partial charge in [0.1, 0.15) is 5.82 Å². The first-order valence-electron chi connectivity index (χ1n) is 8.62. The van der Waals surface area contributed by atoms with Crippen LogP contribution in [0, 0.1) is 5.92 Å². The average Bonchev–Trinajstić information content (AvgIpc) is 2.88. The molecule has 2 heterocycles. The van der Waals surface area contributed by atoms with E-state index in [2.05, 4.69) is 35.2 Å². The molecule has 0 radical (unpaired) electrons. The molecule has 3 heteroatoms. The molecular formula is C19H24N2O. The topological polar surface area (TPSA) is 36.4 Å². The minimum atomic E-state index is -0.0726. The van der Waals surface area contributed by atoms with Gasteiger partial charge in [-0.25, -0.2) is 4.98 Å². The first-order chi connectivity index (χ1) is 10.8. The quantitative estimate of drug-likeness (QED) is 0.937. The van der Waals surface area contributed by atoms with Crippen molar-refractivity contribution in [2.75, 3.05) is 18.0 Å². The van der Waals surface area contributed by atoms with Gasteiger partial charge < -0.3 is 10.0 Å². The van der Waals surface area contributed by atoms with E-state index in [1.165, 1.54) is 30.2 Å². The van der Waals surface area contributed by atoms with Gasteiger partial charge in [0.25, 0.3) is 0 Å². The second-order valence-corrected chi connectivity index (χ2v) is 6.83. The third kappa shape index (κ3) is 2.70. The molecule has 1 saturated heterocycles. The summed E-state index contributed by atoms with van der Waals surface area (Å²) in [5.41, 5.74) is 2.45. The average molecular weight is 296 g/mol. The van der Waals surface area contributed by atoms with Crippen LogP contribution in [0.4, 0.5) is 5.82 Å². The summed E-state index contributed by atoms with van der Waals surface area (Å²) in [5.74, 6) is 1.61. The highest BCUT2D eigenvalue weighted by molar-refractivity contribution is 5.81. The van der Waals surface area contributed by atoms with Crippen LogP contribution >= 0.6 is 0 Å². The number of aryl methyl sites for hydroxylation is 1. The zero-order valence-electron chi connectivity index (χ0n) is 13.0. The highest BCUT2D eigenvalue weighted by Gasteiger charge is 2.24. The molecule has 1 aliphatic heterocycles. The van der Waals surface area contributed by atoms with E-state index in [1.54, 1.807) is 0 Å². The van der Waals surface area contributed by atoms with E-state index in [4.69, 9.17) is 4.98 Å². The molecule has 2 atom stereocenters. The zero-order valence-corrected chi connectivity index (χ0v) is 13.0. The van der Waals surface area contributed by atoms with E-state index in [0.717, 1.165) is 43.7 Å². The fraction of sp³-hybridized carbons (Fsp3) is 0.526.